The molecule has 0 spiro atoms. The van der Waals surface area contributed by atoms with Gasteiger partial charge in [-0.1, -0.05) is 12.8 Å². The summed E-state index contributed by atoms with van der Waals surface area (Å²) in [6.45, 7) is 5.09. The van der Waals surface area contributed by atoms with E-state index in [0.29, 0.717) is 12.6 Å². The minimum atomic E-state index is -0.387. The highest BCUT2D eigenvalue weighted by atomic mass is 16.2. The number of fused-ring (bicyclic) bond motifs is 1. The van der Waals surface area contributed by atoms with Gasteiger partial charge in [0.05, 0.1) is 6.54 Å². The number of hydrogen-bond donors (Lipinski definition) is 2. The number of likely N-dealkylation sites (tertiary alicyclic amines) is 1. The molecule has 1 aliphatic heterocycles. The van der Waals surface area contributed by atoms with Crippen LogP contribution >= 0.6 is 0 Å². The SMILES string of the molecule is CC(C)NC(=O)NC(=O)CN1CCC[C@@H]2CCCC[C@@H]21. The molecule has 2 atom stereocenters. The van der Waals surface area contributed by atoms with Crippen molar-refractivity contribution in [1.29, 1.82) is 0 Å². The Morgan fingerprint density at radius 2 is 1.85 bits per heavy atom. The Morgan fingerprint density at radius 1 is 1.15 bits per heavy atom. The molecule has 0 aromatic rings. The van der Waals surface area contributed by atoms with Crippen molar-refractivity contribution in [2.75, 3.05) is 13.1 Å². The highest BCUT2D eigenvalue weighted by Gasteiger charge is 2.33. The quantitative estimate of drug-likeness (QED) is 0.830. The summed E-state index contributed by atoms with van der Waals surface area (Å²) in [5, 5.41) is 5.10. The van der Waals surface area contributed by atoms with Gasteiger partial charge in [0.25, 0.3) is 0 Å². The molecule has 3 amide bonds. The van der Waals surface area contributed by atoms with E-state index in [1.807, 2.05) is 13.8 Å². The van der Waals surface area contributed by atoms with Gasteiger partial charge < -0.3 is 5.32 Å². The first kappa shape index (κ1) is 15.3. The third-order valence-electron chi connectivity index (χ3n) is 4.38. The van der Waals surface area contributed by atoms with Crippen molar-refractivity contribution in [3.63, 3.8) is 0 Å². The summed E-state index contributed by atoms with van der Waals surface area (Å²) in [6, 6.07) is 0.208. The molecule has 1 aliphatic carbocycles. The maximum absolute atomic E-state index is 12.0. The van der Waals surface area contributed by atoms with E-state index < -0.39 is 0 Å². The van der Waals surface area contributed by atoms with Crippen LogP contribution in [0.1, 0.15) is 52.4 Å². The zero-order valence-corrected chi connectivity index (χ0v) is 12.7. The average molecular weight is 281 g/mol. The lowest BCUT2D eigenvalue weighted by molar-refractivity contribution is -0.122. The summed E-state index contributed by atoms with van der Waals surface area (Å²) in [6.07, 6.45) is 7.58. The Bertz CT molecular complexity index is 355. The number of amides is 3. The topological polar surface area (TPSA) is 61.4 Å². The van der Waals surface area contributed by atoms with Gasteiger partial charge in [0.2, 0.25) is 5.91 Å². The van der Waals surface area contributed by atoms with Crippen LogP contribution in [0.15, 0.2) is 0 Å². The van der Waals surface area contributed by atoms with Gasteiger partial charge in [-0.05, 0) is 52.0 Å². The molecule has 0 radical (unpaired) electrons. The molecule has 1 saturated carbocycles. The number of nitrogens with zero attached hydrogens (tertiary/aromatic N) is 1. The van der Waals surface area contributed by atoms with Gasteiger partial charge in [-0.3, -0.25) is 15.0 Å². The van der Waals surface area contributed by atoms with Crippen molar-refractivity contribution in [2.45, 2.75) is 64.5 Å². The van der Waals surface area contributed by atoms with Crippen LogP contribution < -0.4 is 10.6 Å². The predicted molar refractivity (Wildman–Crippen MR) is 78.4 cm³/mol. The lowest BCUT2D eigenvalue weighted by atomic mass is 9.78. The van der Waals surface area contributed by atoms with Gasteiger partial charge in [-0.15, -0.1) is 0 Å². The highest BCUT2D eigenvalue weighted by molar-refractivity contribution is 5.95. The minimum absolute atomic E-state index is 0.0421. The van der Waals surface area contributed by atoms with Crippen LogP contribution in [-0.2, 0) is 4.79 Å². The fraction of sp³-hybridized carbons (Fsp3) is 0.867. The number of piperidine rings is 1. The van der Waals surface area contributed by atoms with Crippen LogP contribution in [0, 0.1) is 5.92 Å². The summed E-state index contributed by atoms with van der Waals surface area (Å²) in [4.78, 5) is 25.8. The third-order valence-corrected chi connectivity index (χ3v) is 4.38. The third kappa shape index (κ3) is 4.20. The molecule has 0 aromatic heterocycles. The first-order valence-corrected chi connectivity index (χ1v) is 7.90. The molecular formula is C15H27N3O2. The normalized spacial score (nSPS) is 26.9. The number of carbonyl (C=O) groups excluding carboxylic acids is 2. The van der Waals surface area contributed by atoms with Gasteiger partial charge in [0.1, 0.15) is 0 Å². The maximum Gasteiger partial charge on any atom is 0.321 e. The van der Waals surface area contributed by atoms with Crippen LogP contribution in [-0.4, -0.2) is 42.0 Å². The lowest BCUT2D eigenvalue weighted by Gasteiger charge is -2.43. The highest BCUT2D eigenvalue weighted by Crippen LogP contribution is 2.34. The second kappa shape index (κ2) is 7.07. The largest absolute Gasteiger partial charge is 0.336 e. The standard InChI is InChI=1S/C15H27N3O2/c1-11(2)16-15(20)17-14(19)10-18-9-5-7-12-6-3-4-8-13(12)18/h11-13H,3-10H2,1-2H3,(H2,16,17,19,20)/t12-,13-/m0/s1. The molecule has 1 saturated heterocycles. The molecule has 2 N–H and O–H groups in total. The molecule has 5 heteroatoms. The summed E-state index contributed by atoms with van der Waals surface area (Å²) >= 11 is 0. The second-order valence-electron chi connectivity index (χ2n) is 6.40. The van der Waals surface area contributed by atoms with Crippen molar-refractivity contribution in [1.82, 2.24) is 15.5 Å². The number of rotatable bonds is 3. The van der Waals surface area contributed by atoms with E-state index in [4.69, 9.17) is 0 Å². The maximum atomic E-state index is 12.0. The molecule has 2 fully saturated rings. The van der Waals surface area contributed by atoms with Crippen LogP contribution in [0.4, 0.5) is 4.79 Å². The van der Waals surface area contributed by atoms with Gasteiger partial charge in [-0.25, -0.2) is 4.79 Å². The van der Waals surface area contributed by atoms with E-state index in [2.05, 4.69) is 15.5 Å². The molecule has 114 valence electrons. The fourth-order valence-electron chi connectivity index (χ4n) is 3.57. The summed E-state index contributed by atoms with van der Waals surface area (Å²) in [7, 11) is 0. The second-order valence-corrected chi connectivity index (χ2v) is 6.40. The summed E-state index contributed by atoms with van der Waals surface area (Å²) in [5.74, 6) is 0.573. The van der Waals surface area contributed by atoms with Crippen LogP contribution in [0.2, 0.25) is 0 Å². The Balaban J connectivity index is 1.82. The Kier molecular flexibility index (Phi) is 5.40. The zero-order valence-electron chi connectivity index (χ0n) is 12.7. The smallest absolute Gasteiger partial charge is 0.321 e. The van der Waals surface area contributed by atoms with Crippen molar-refractivity contribution in [3.05, 3.63) is 0 Å². The predicted octanol–water partition coefficient (Wildman–Crippen LogP) is 1.88. The van der Waals surface area contributed by atoms with E-state index in [1.165, 1.54) is 38.5 Å². The molecule has 20 heavy (non-hydrogen) atoms. The van der Waals surface area contributed by atoms with Gasteiger partial charge in [-0.2, -0.15) is 0 Å². The first-order chi connectivity index (χ1) is 9.56. The molecule has 1 heterocycles. The van der Waals surface area contributed by atoms with Crippen molar-refractivity contribution in [3.8, 4) is 0 Å². The van der Waals surface area contributed by atoms with E-state index in [9.17, 15) is 9.59 Å². The molecule has 0 aromatic carbocycles. The molecule has 2 rings (SSSR count). The minimum Gasteiger partial charge on any atom is -0.336 e. The Labute approximate surface area is 121 Å². The number of urea groups is 1. The van der Waals surface area contributed by atoms with E-state index in [0.717, 1.165) is 12.5 Å². The van der Waals surface area contributed by atoms with E-state index in [-0.39, 0.29) is 18.0 Å². The van der Waals surface area contributed by atoms with Gasteiger partial charge >= 0.3 is 6.03 Å². The molecule has 0 bridgehead atoms. The van der Waals surface area contributed by atoms with Crippen LogP contribution in [0.3, 0.4) is 0 Å². The molecule has 0 unspecified atom stereocenters. The summed E-state index contributed by atoms with van der Waals surface area (Å²) < 4.78 is 0. The van der Waals surface area contributed by atoms with Crippen molar-refractivity contribution < 1.29 is 9.59 Å². The van der Waals surface area contributed by atoms with Crippen LogP contribution in [0.5, 0.6) is 0 Å². The van der Waals surface area contributed by atoms with Crippen molar-refractivity contribution >= 4 is 11.9 Å². The zero-order chi connectivity index (χ0) is 14.5. The number of nitrogens with one attached hydrogen (secondary N) is 2. The van der Waals surface area contributed by atoms with Crippen molar-refractivity contribution in [2.24, 2.45) is 5.92 Å². The molecular weight excluding hydrogens is 254 g/mol. The number of carbonyl (C=O) groups is 2. The molecule has 5 nitrogen and oxygen atoms in total. The van der Waals surface area contributed by atoms with Gasteiger partial charge in [0, 0.05) is 12.1 Å². The number of hydrogen-bond acceptors (Lipinski definition) is 3. The van der Waals surface area contributed by atoms with Gasteiger partial charge in [0.15, 0.2) is 0 Å². The van der Waals surface area contributed by atoms with Crippen LogP contribution in [0.25, 0.3) is 0 Å². The fourth-order valence-corrected chi connectivity index (χ4v) is 3.57. The molecule has 2 aliphatic rings. The lowest BCUT2D eigenvalue weighted by Crippen LogP contribution is -2.52. The summed E-state index contributed by atoms with van der Waals surface area (Å²) in [5.41, 5.74) is 0. The van der Waals surface area contributed by atoms with E-state index >= 15 is 0 Å². The Morgan fingerprint density at radius 3 is 2.60 bits per heavy atom. The van der Waals surface area contributed by atoms with E-state index in [1.54, 1.807) is 0 Å². The number of imide groups is 1. The monoisotopic (exact) mass is 281 g/mol. The first-order valence-electron chi connectivity index (χ1n) is 7.90. The Hall–Kier alpha value is -1.10. The average Bonchev–Trinajstić information content (AvgIpc) is 2.38.